The quantitative estimate of drug-likeness (QED) is 0.0401. The first-order chi connectivity index (χ1) is 59.6. The lowest BCUT2D eigenvalue weighted by molar-refractivity contribution is -0.166. The molecule has 34 nitrogen and oxygen atoms in total. The molecule has 638 valence electrons. The number of aromatic nitrogens is 20. The summed E-state index contributed by atoms with van der Waals surface area (Å²) in [4.78, 5) is 169. The van der Waals surface area contributed by atoms with Gasteiger partial charge in [-0.1, -0.05) is 57.8 Å². The molecule has 0 amide bonds. The van der Waals surface area contributed by atoms with Crippen LogP contribution in [0.25, 0.3) is 110 Å². The number of rotatable bonds is 12. The minimum atomic E-state index is -4.21. The van der Waals surface area contributed by atoms with E-state index in [-0.39, 0.29) is 83.7 Å². The number of nitrogens with one attached hydrogen (secondary N) is 10. The molecule has 0 aliphatic heterocycles. The number of H-pyrrole nitrogens is 8. The van der Waals surface area contributed by atoms with Crippen molar-refractivity contribution < 1.29 is 13.2 Å². The number of hydrogen-bond acceptors (Lipinski definition) is 19. The maximum absolute atomic E-state index is 13.1. The summed E-state index contributed by atoms with van der Waals surface area (Å²) >= 11 is 0. The highest BCUT2D eigenvalue weighted by Gasteiger charge is 2.63. The highest BCUT2D eigenvalue weighted by atomic mass is 19.4. The minimum absolute atomic E-state index is 0.0505. The Morgan fingerprint density at radius 3 is 1.06 bits per heavy atom. The summed E-state index contributed by atoms with van der Waals surface area (Å²) in [6.07, 6.45) is 35.0. The van der Waals surface area contributed by atoms with Gasteiger partial charge in [-0.2, -0.15) is 23.7 Å². The van der Waals surface area contributed by atoms with Crippen LogP contribution in [0.2, 0.25) is 0 Å². The Balaban J connectivity index is 0.000000110. The van der Waals surface area contributed by atoms with Crippen molar-refractivity contribution in [3.8, 4) is 12.1 Å². The predicted octanol–water partition coefficient (Wildman–Crippen LogP) is 10.6. The summed E-state index contributed by atoms with van der Waals surface area (Å²) in [6.45, 7) is 1.28. The number of fused-ring (bicyclic) bond motifs is 15. The topological polar surface area (TPSA) is 468 Å². The van der Waals surface area contributed by atoms with Crippen LogP contribution in [-0.4, -0.2) is 128 Å². The summed E-state index contributed by atoms with van der Waals surface area (Å²) in [5.74, 6) is 0.651. The lowest BCUT2D eigenvalue weighted by atomic mass is 9.85. The van der Waals surface area contributed by atoms with Gasteiger partial charge >= 0.3 is 34.6 Å². The van der Waals surface area contributed by atoms with Crippen molar-refractivity contribution in [2.24, 2.45) is 18.9 Å². The van der Waals surface area contributed by atoms with E-state index < -0.39 is 39.8 Å². The summed E-state index contributed by atoms with van der Waals surface area (Å²) in [6, 6.07) is 13.6. The molecule has 0 atom stereocenters. The Kier molecular flexibility index (Phi) is 23.0. The Morgan fingerprint density at radius 1 is 0.398 bits per heavy atom. The monoisotopic (exact) mass is 1680 g/mol. The van der Waals surface area contributed by atoms with Gasteiger partial charge in [-0.15, -0.1) is 0 Å². The average Bonchev–Trinajstić information content (AvgIpc) is 1.73. The van der Waals surface area contributed by atoms with Crippen molar-refractivity contribution in [1.82, 2.24) is 107 Å². The van der Waals surface area contributed by atoms with Crippen molar-refractivity contribution in [3.63, 3.8) is 0 Å². The van der Waals surface area contributed by atoms with E-state index in [2.05, 4.69) is 81.5 Å². The number of nitrogens with zero attached hydrogens (tertiary/aromatic N) is 14. The summed E-state index contributed by atoms with van der Waals surface area (Å²) in [5, 5.41) is 29.6. The fourth-order valence-electron chi connectivity index (χ4n) is 19.6. The third kappa shape index (κ3) is 15.6. The molecule has 0 aromatic carbocycles. The predicted molar refractivity (Wildman–Crippen MR) is 459 cm³/mol. The second kappa shape index (κ2) is 34.4. The Hall–Kier alpha value is -13.2. The number of nitriles is 2. The van der Waals surface area contributed by atoms with Crippen LogP contribution in [0.4, 0.5) is 13.2 Å². The highest BCUT2D eigenvalue weighted by molar-refractivity contribution is 6.05. The number of halogens is 3. The van der Waals surface area contributed by atoms with Crippen LogP contribution >= 0.6 is 0 Å². The van der Waals surface area contributed by atoms with Gasteiger partial charge in [0.25, 0.3) is 27.8 Å². The van der Waals surface area contributed by atoms with Crippen LogP contribution in [0.1, 0.15) is 191 Å². The van der Waals surface area contributed by atoms with Gasteiger partial charge in [-0.25, -0.2) is 53.5 Å². The van der Waals surface area contributed by atoms with E-state index in [0.717, 1.165) is 154 Å². The van der Waals surface area contributed by atoms with Crippen LogP contribution in [-0.2, 0) is 13.6 Å². The van der Waals surface area contributed by atoms with Gasteiger partial charge in [0.05, 0.1) is 73.2 Å². The Bertz CT molecular complexity index is 7290. The molecule has 0 spiro atoms. The highest BCUT2D eigenvalue weighted by Crippen LogP contribution is 2.49. The molecule has 6 fully saturated rings. The molecule has 10 N–H and O–H groups in total. The van der Waals surface area contributed by atoms with Gasteiger partial charge in [0.1, 0.15) is 40.3 Å². The first-order valence-corrected chi connectivity index (χ1v) is 42.4. The van der Waals surface area contributed by atoms with Crippen molar-refractivity contribution in [1.29, 1.82) is 10.5 Å². The van der Waals surface area contributed by atoms with Crippen molar-refractivity contribution in [2.45, 2.75) is 209 Å². The van der Waals surface area contributed by atoms with E-state index in [1.54, 1.807) is 74.8 Å². The van der Waals surface area contributed by atoms with Gasteiger partial charge in [-0.05, 0) is 158 Å². The van der Waals surface area contributed by atoms with Crippen LogP contribution < -0.4 is 66.9 Å². The SMILES string of the molecule is Cn1c(=O)c2cnc3[nH]ccc3c2n(C2CCCCC2)c1=O.N#CCNCC1CCC(n2c(=O)[nH]c(=O)c3cnc4[nH]ccc4c32)CC1.N#CCn1c(=O)c2cnc3[nH]ccc3c2n(C2CCCCC2)c1=O.O=c1[nH]c(=O)n(C2CCC(CNC3(C(F)(F)F)CC3)CC2)c2c1cnc1[nH]ccc12.O=c1[nH]c(=O)n(C2CCCCC2)c2c1cnc1[nH]ccc12. The van der Waals surface area contributed by atoms with E-state index in [1.165, 1.54) is 42.4 Å². The fourth-order valence-corrected chi connectivity index (χ4v) is 19.6. The average molecular weight is 1680 g/mol. The van der Waals surface area contributed by atoms with Crippen molar-refractivity contribution in [2.75, 3.05) is 19.6 Å². The molecule has 6 aliphatic rings. The van der Waals surface area contributed by atoms with E-state index in [9.17, 15) is 61.1 Å². The molecule has 6 aliphatic carbocycles. The van der Waals surface area contributed by atoms with E-state index in [1.807, 2.05) is 34.9 Å². The van der Waals surface area contributed by atoms with Gasteiger partial charge in [0.2, 0.25) is 0 Å². The zero-order chi connectivity index (χ0) is 85.5. The third-order valence-electron chi connectivity index (χ3n) is 26.1. The second-order valence-electron chi connectivity index (χ2n) is 33.4. The van der Waals surface area contributed by atoms with Crippen LogP contribution in [0.15, 0.2) is 140 Å². The van der Waals surface area contributed by atoms with Gasteiger partial charge in [0.15, 0.2) is 0 Å². The van der Waals surface area contributed by atoms with Gasteiger partial charge in [0, 0.05) is 126 Å². The number of aromatic amines is 8. The minimum Gasteiger partial charge on any atom is -0.346 e. The zero-order valence-corrected chi connectivity index (χ0v) is 67.7. The smallest absolute Gasteiger partial charge is 0.346 e. The van der Waals surface area contributed by atoms with Crippen LogP contribution in [0.3, 0.4) is 0 Å². The first kappa shape index (κ1) is 82.2. The molecular weight excluding hydrogens is 1590 g/mol. The second-order valence-corrected chi connectivity index (χ2v) is 33.4. The molecule has 21 rings (SSSR count). The Morgan fingerprint density at radius 2 is 0.715 bits per heavy atom. The standard InChI is InChI=1S/C20H22F3N5O2.C18H20N6O2.C17H17N5O2.C16H18N4O2.C15H16N4O2/c21-20(22,23)19(6-7-19)26-9-11-1-3-12(4-2-11)28-15-13-5-8-24-16(13)25-10-14(15)17(29)27-18(28)30;19-6-8-20-9-11-1-3-12(4-2-11)24-15-13-5-7-21-16(13)22-10-14(15)17(25)23-18(24)26;18-7-9-21-16(23)13-10-20-15-12(6-8-19-15)14(13)22(17(21)24)11-4-2-1-3-5-11;1-19-15(21)12-9-18-14-11(7-8-17-14)13(12)20(16(19)22)10-5-3-2-4-6-10;20-14-11-8-17-13-10(6-7-16-13)12(11)19(15(21)18-14)9-4-2-1-3-5-9/h5,8,10-12,26H,1-4,6-7,9H2,(H,24,25)(H,27,29,30);5,7,10-12,20H,1-4,8-9H2,(H,21,22)(H,23,25,26);6,8,10-11H,1-5,9H2,(H,19,20);7-10H,2-6H2,1H3,(H,17,18);6-9H,1-5H2,(H,16,17)(H,18,20,21). The van der Waals surface area contributed by atoms with E-state index >= 15 is 0 Å². The van der Waals surface area contributed by atoms with E-state index in [0.29, 0.717) is 114 Å². The molecule has 6 saturated carbocycles. The fraction of sp³-hybridized carbons (Fsp3) is 0.453. The molecule has 15 heterocycles. The Labute approximate surface area is 693 Å². The molecule has 123 heavy (non-hydrogen) atoms. The molecule has 0 radical (unpaired) electrons. The first-order valence-electron chi connectivity index (χ1n) is 42.4. The molecule has 37 heteroatoms. The van der Waals surface area contributed by atoms with Gasteiger partial charge < -0.3 is 35.6 Å². The maximum Gasteiger partial charge on any atom is 0.406 e. The molecule has 15 aromatic rings. The number of hydrogen-bond donors (Lipinski definition) is 10. The number of alkyl halides is 3. The lowest BCUT2D eigenvalue weighted by Gasteiger charge is -2.32. The lowest BCUT2D eigenvalue weighted by Crippen LogP contribution is -2.47. The summed E-state index contributed by atoms with van der Waals surface area (Å²) in [5.41, 5.74) is 1.25. The zero-order valence-electron chi connectivity index (χ0n) is 67.7. The van der Waals surface area contributed by atoms with Crippen LogP contribution in [0, 0.1) is 34.5 Å². The van der Waals surface area contributed by atoms with Crippen LogP contribution in [0.5, 0.6) is 0 Å². The summed E-state index contributed by atoms with van der Waals surface area (Å²) in [7, 11) is 1.55. The molecule has 15 aromatic heterocycles. The normalized spacial score (nSPS) is 19.0. The molecular formula is C86H93F3N24O10. The summed E-state index contributed by atoms with van der Waals surface area (Å²) < 4.78 is 50.3. The number of pyridine rings is 5. The third-order valence-corrected chi connectivity index (χ3v) is 26.1. The molecule has 0 bridgehead atoms. The maximum atomic E-state index is 13.1. The molecule has 0 unspecified atom stereocenters. The van der Waals surface area contributed by atoms with E-state index in [4.69, 9.17) is 10.5 Å². The van der Waals surface area contributed by atoms with Gasteiger partial charge in [-0.3, -0.25) is 66.3 Å². The van der Waals surface area contributed by atoms with Crippen molar-refractivity contribution in [3.05, 3.63) is 196 Å². The molecule has 0 saturated heterocycles. The van der Waals surface area contributed by atoms with Crippen molar-refractivity contribution >= 4 is 110 Å². The largest absolute Gasteiger partial charge is 0.406 e.